The largest absolute Gasteiger partial charge is 0.334 e. The number of aryl methyl sites for hydroxylation is 1. The maximum absolute atomic E-state index is 12.9. The fraction of sp³-hybridized carbons (Fsp3) is 0.318. The molecule has 0 fully saturated rings. The van der Waals surface area contributed by atoms with E-state index in [4.69, 9.17) is 0 Å². The van der Waals surface area contributed by atoms with Gasteiger partial charge in [0, 0.05) is 18.8 Å². The third kappa shape index (κ3) is 7.54. The molecule has 0 saturated carbocycles. The Morgan fingerprint density at radius 1 is 1.00 bits per heavy atom. The van der Waals surface area contributed by atoms with Gasteiger partial charge in [-0.15, -0.1) is 0 Å². The van der Waals surface area contributed by atoms with Crippen molar-refractivity contribution < 1.29 is 18.8 Å². The van der Waals surface area contributed by atoms with Crippen molar-refractivity contribution in [3.05, 3.63) is 65.5 Å². The maximum atomic E-state index is 12.9. The lowest BCUT2D eigenvalue weighted by atomic mass is 10.2. The van der Waals surface area contributed by atoms with Gasteiger partial charge in [-0.25, -0.2) is 9.18 Å². The Bertz CT molecular complexity index is 871. The summed E-state index contributed by atoms with van der Waals surface area (Å²) in [6.45, 7) is 4.07. The first kappa shape index (κ1) is 22.9. The van der Waals surface area contributed by atoms with Gasteiger partial charge in [0.2, 0.25) is 11.8 Å². The second-order valence-corrected chi connectivity index (χ2v) is 6.84. The highest BCUT2D eigenvalue weighted by Crippen LogP contribution is 2.13. The quantitative estimate of drug-likeness (QED) is 0.589. The number of benzene rings is 2. The van der Waals surface area contributed by atoms with Crippen molar-refractivity contribution in [1.82, 2.24) is 15.5 Å². The SMILES string of the molecule is CCCN(CC(=O)Nc1ccccc1C)C(=O)CNC(=O)NCc1ccc(F)cc1. The molecule has 0 heterocycles. The second-order valence-electron chi connectivity index (χ2n) is 6.84. The van der Waals surface area contributed by atoms with Gasteiger partial charge in [0.15, 0.2) is 0 Å². The number of carbonyl (C=O) groups is 3. The van der Waals surface area contributed by atoms with E-state index in [0.717, 1.165) is 11.1 Å². The highest BCUT2D eigenvalue weighted by atomic mass is 19.1. The number of amides is 4. The van der Waals surface area contributed by atoms with Crippen LogP contribution in [0.3, 0.4) is 0 Å². The van der Waals surface area contributed by atoms with Gasteiger partial charge in [-0.2, -0.15) is 0 Å². The molecule has 0 aliphatic heterocycles. The van der Waals surface area contributed by atoms with Crippen LogP contribution in [0.5, 0.6) is 0 Å². The van der Waals surface area contributed by atoms with Crippen molar-refractivity contribution in [3.63, 3.8) is 0 Å². The van der Waals surface area contributed by atoms with Crippen LogP contribution < -0.4 is 16.0 Å². The molecular weight excluding hydrogens is 387 g/mol. The van der Waals surface area contributed by atoms with Gasteiger partial charge in [-0.1, -0.05) is 37.3 Å². The number of hydrogen-bond acceptors (Lipinski definition) is 3. The molecule has 0 radical (unpaired) electrons. The Morgan fingerprint density at radius 3 is 2.37 bits per heavy atom. The van der Waals surface area contributed by atoms with E-state index < -0.39 is 6.03 Å². The Kier molecular flexibility index (Phi) is 8.80. The fourth-order valence-electron chi connectivity index (χ4n) is 2.75. The number of nitrogens with one attached hydrogen (secondary N) is 3. The molecule has 0 unspecified atom stereocenters. The number of carbonyl (C=O) groups excluding carboxylic acids is 3. The lowest BCUT2D eigenvalue weighted by Gasteiger charge is -2.22. The van der Waals surface area contributed by atoms with Crippen molar-refractivity contribution in [2.75, 3.05) is 25.0 Å². The summed E-state index contributed by atoms with van der Waals surface area (Å²) in [7, 11) is 0. The molecule has 2 aromatic rings. The van der Waals surface area contributed by atoms with Gasteiger partial charge < -0.3 is 20.9 Å². The predicted molar refractivity (Wildman–Crippen MR) is 113 cm³/mol. The molecule has 0 aliphatic rings. The predicted octanol–water partition coefficient (Wildman–Crippen LogP) is 2.81. The topological polar surface area (TPSA) is 90.5 Å². The Morgan fingerprint density at radius 2 is 1.70 bits per heavy atom. The van der Waals surface area contributed by atoms with E-state index in [9.17, 15) is 18.8 Å². The highest BCUT2D eigenvalue weighted by molar-refractivity contribution is 5.95. The van der Waals surface area contributed by atoms with E-state index in [0.29, 0.717) is 18.7 Å². The highest BCUT2D eigenvalue weighted by Gasteiger charge is 2.17. The van der Waals surface area contributed by atoms with Crippen molar-refractivity contribution >= 4 is 23.5 Å². The van der Waals surface area contributed by atoms with Gasteiger partial charge in [0.25, 0.3) is 0 Å². The standard InChI is InChI=1S/C22H27FN4O3/c1-3-12-27(15-20(28)26-19-7-5-4-6-16(19)2)21(29)14-25-22(30)24-13-17-8-10-18(23)11-9-17/h4-11H,3,12-15H2,1-2H3,(H,26,28)(H2,24,25,30). The van der Waals surface area contributed by atoms with E-state index in [2.05, 4.69) is 16.0 Å². The lowest BCUT2D eigenvalue weighted by Crippen LogP contribution is -2.46. The third-order valence-corrected chi connectivity index (χ3v) is 4.37. The van der Waals surface area contributed by atoms with Crippen LogP contribution in [0.25, 0.3) is 0 Å². The third-order valence-electron chi connectivity index (χ3n) is 4.37. The first-order chi connectivity index (χ1) is 14.4. The number of rotatable bonds is 9. The first-order valence-electron chi connectivity index (χ1n) is 9.78. The minimum atomic E-state index is -0.520. The van der Waals surface area contributed by atoms with Crippen molar-refractivity contribution in [2.24, 2.45) is 0 Å². The summed E-state index contributed by atoms with van der Waals surface area (Å²) in [5.41, 5.74) is 2.36. The second kappa shape index (κ2) is 11.5. The molecular formula is C22H27FN4O3. The molecule has 8 heteroatoms. The van der Waals surface area contributed by atoms with Crippen LogP contribution in [-0.2, 0) is 16.1 Å². The van der Waals surface area contributed by atoms with Crippen molar-refractivity contribution in [3.8, 4) is 0 Å². The molecule has 4 amide bonds. The number of urea groups is 1. The van der Waals surface area contributed by atoms with Crippen LogP contribution >= 0.6 is 0 Å². The van der Waals surface area contributed by atoms with E-state index in [1.54, 1.807) is 18.2 Å². The molecule has 0 saturated heterocycles. The molecule has 7 nitrogen and oxygen atoms in total. The molecule has 0 aromatic heterocycles. The molecule has 0 spiro atoms. The summed E-state index contributed by atoms with van der Waals surface area (Å²) in [4.78, 5) is 38.1. The summed E-state index contributed by atoms with van der Waals surface area (Å²) in [5.74, 6) is -1.00. The zero-order valence-corrected chi connectivity index (χ0v) is 17.2. The van der Waals surface area contributed by atoms with E-state index in [1.165, 1.54) is 17.0 Å². The van der Waals surface area contributed by atoms with Crippen LogP contribution in [0.15, 0.2) is 48.5 Å². The van der Waals surface area contributed by atoms with Gasteiger partial charge >= 0.3 is 6.03 Å². The van der Waals surface area contributed by atoms with Crippen LogP contribution in [0.4, 0.5) is 14.9 Å². The molecule has 2 rings (SSSR count). The van der Waals surface area contributed by atoms with E-state index in [-0.39, 0.29) is 37.3 Å². The van der Waals surface area contributed by atoms with Crippen LogP contribution in [0.2, 0.25) is 0 Å². The monoisotopic (exact) mass is 414 g/mol. The Balaban J connectivity index is 1.80. The molecule has 30 heavy (non-hydrogen) atoms. The molecule has 0 bridgehead atoms. The minimum Gasteiger partial charge on any atom is -0.334 e. The van der Waals surface area contributed by atoms with Crippen LogP contribution in [0, 0.1) is 12.7 Å². The summed E-state index contributed by atoms with van der Waals surface area (Å²) in [6.07, 6.45) is 0.681. The normalized spacial score (nSPS) is 10.2. The number of hydrogen-bond donors (Lipinski definition) is 3. The fourth-order valence-corrected chi connectivity index (χ4v) is 2.75. The Labute approximate surface area is 175 Å². The van der Waals surface area contributed by atoms with E-state index in [1.807, 2.05) is 32.0 Å². The zero-order chi connectivity index (χ0) is 21.9. The average molecular weight is 414 g/mol. The molecule has 0 aliphatic carbocycles. The van der Waals surface area contributed by atoms with Crippen LogP contribution in [-0.4, -0.2) is 42.4 Å². The minimum absolute atomic E-state index is 0.0973. The first-order valence-corrected chi connectivity index (χ1v) is 9.78. The van der Waals surface area contributed by atoms with E-state index >= 15 is 0 Å². The van der Waals surface area contributed by atoms with Crippen LogP contribution in [0.1, 0.15) is 24.5 Å². The van der Waals surface area contributed by atoms with Crippen molar-refractivity contribution in [2.45, 2.75) is 26.8 Å². The van der Waals surface area contributed by atoms with Gasteiger partial charge in [-0.3, -0.25) is 9.59 Å². The van der Waals surface area contributed by atoms with Gasteiger partial charge in [0.05, 0.1) is 13.1 Å². The smallest absolute Gasteiger partial charge is 0.315 e. The van der Waals surface area contributed by atoms with Gasteiger partial charge in [0.1, 0.15) is 5.82 Å². The summed E-state index contributed by atoms with van der Waals surface area (Å²) in [5, 5.41) is 7.89. The number of anilines is 1. The molecule has 0 atom stereocenters. The number of para-hydroxylation sites is 1. The molecule has 2 aromatic carbocycles. The number of halogens is 1. The Hall–Kier alpha value is -3.42. The van der Waals surface area contributed by atoms with Gasteiger partial charge in [-0.05, 0) is 42.7 Å². The lowest BCUT2D eigenvalue weighted by molar-refractivity contribution is -0.133. The summed E-state index contributed by atoms with van der Waals surface area (Å²) in [6, 6.07) is 12.6. The summed E-state index contributed by atoms with van der Waals surface area (Å²) >= 11 is 0. The summed E-state index contributed by atoms with van der Waals surface area (Å²) < 4.78 is 12.9. The van der Waals surface area contributed by atoms with Crippen molar-refractivity contribution in [1.29, 1.82) is 0 Å². The zero-order valence-electron chi connectivity index (χ0n) is 17.2. The number of nitrogens with zero attached hydrogens (tertiary/aromatic N) is 1. The maximum Gasteiger partial charge on any atom is 0.315 e. The molecule has 3 N–H and O–H groups in total. The molecule has 160 valence electrons. The average Bonchev–Trinajstić information content (AvgIpc) is 2.73.